The van der Waals surface area contributed by atoms with Crippen molar-refractivity contribution in [2.75, 3.05) is 7.11 Å². The highest BCUT2D eigenvalue weighted by Crippen LogP contribution is 2.17. The maximum atomic E-state index is 5.82. The largest absolute Gasteiger partial charge is 0.480 e. The van der Waals surface area contributed by atoms with Crippen LogP contribution in [-0.4, -0.2) is 27.3 Å². The molecule has 0 saturated heterocycles. The second-order valence-corrected chi connectivity index (χ2v) is 3.98. The molecule has 0 aromatic carbocycles. The number of aromatic nitrogens is 4. The van der Waals surface area contributed by atoms with Crippen LogP contribution in [0.5, 0.6) is 5.88 Å². The minimum absolute atomic E-state index is 0.0824. The van der Waals surface area contributed by atoms with Gasteiger partial charge in [-0.1, -0.05) is 0 Å². The standard InChI is InChI=1S/C12H15N5O/c1-7(13)9-6-14-12(15-8(9)2)10-4-5-11(18-3)17-16-10/h4-7H,13H2,1-3H3/t7-/m0/s1. The summed E-state index contributed by atoms with van der Waals surface area (Å²) < 4.78 is 4.95. The molecule has 2 aromatic rings. The van der Waals surface area contributed by atoms with Crippen LogP contribution >= 0.6 is 0 Å². The lowest BCUT2D eigenvalue weighted by Crippen LogP contribution is -2.09. The third kappa shape index (κ3) is 2.43. The maximum absolute atomic E-state index is 5.82. The fourth-order valence-corrected chi connectivity index (χ4v) is 1.59. The molecule has 0 aliphatic heterocycles. The molecule has 0 unspecified atom stereocenters. The van der Waals surface area contributed by atoms with Crippen LogP contribution in [0.25, 0.3) is 11.5 Å². The molecule has 2 heterocycles. The molecule has 94 valence electrons. The van der Waals surface area contributed by atoms with E-state index in [0.717, 1.165) is 11.3 Å². The zero-order valence-corrected chi connectivity index (χ0v) is 10.6. The predicted octanol–water partition coefficient (Wildman–Crippen LogP) is 1.27. The van der Waals surface area contributed by atoms with Crippen LogP contribution in [0.1, 0.15) is 24.2 Å². The Morgan fingerprint density at radius 1 is 1.28 bits per heavy atom. The molecule has 18 heavy (non-hydrogen) atoms. The van der Waals surface area contributed by atoms with E-state index >= 15 is 0 Å². The summed E-state index contributed by atoms with van der Waals surface area (Å²) in [6.45, 7) is 3.80. The lowest BCUT2D eigenvalue weighted by atomic mass is 10.1. The average Bonchev–Trinajstić information content (AvgIpc) is 2.38. The van der Waals surface area contributed by atoms with Crippen molar-refractivity contribution in [3.05, 3.63) is 29.6 Å². The zero-order valence-electron chi connectivity index (χ0n) is 10.6. The summed E-state index contributed by atoms with van der Waals surface area (Å²) in [4.78, 5) is 8.64. The molecule has 0 amide bonds. The number of methoxy groups -OCH3 is 1. The Kier molecular flexibility index (Phi) is 3.47. The van der Waals surface area contributed by atoms with E-state index in [1.165, 1.54) is 0 Å². The van der Waals surface area contributed by atoms with Gasteiger partial charge in [-0.25, -0.2) is 9.97 Å². The molecule has 0 saturated carbocycles. The number of hydrogen-bond donors (Lipinski definition) is 1. The number of nitrogens with zero attached hydrogens (tertiary/aromatic N) is 4. The molecule has 6 nitrogen and oxygen atoms in total. The summed E-state index contributed by atoms with van der Waals surface area (Å²) >= 11 is 0. The number of rotatable bonds is 3. The molecule has 2 aromatic heterocycles. The van der Waals surface area contributed by atoms with E-state index in [9.17, 15) is 0 Å². The van der Waals surface area contributed by atoms with Crippen molar-refractivity contribution >= 4 is 0 Å². The van der Waals surface area contributed by atoms with Gasteiger partial charge in [0.05, 0.1) is 7.11 Å². The first-order chi connectivity index (χ1) is 8.61. The van der Waals surface area contributed by atoms with Gasteiger partial charge in [-0.3, -0.25) is 0 Å². The van der Waals surface area contributed by atoms with E-state index in [-0.39, 0.29) is 6.04 Å². The molecule has 0 fully saturated rings. The van der Waals surface area contributed by atoms with Crippen LogP contribution in [0.4, 0.5) is 0 Å². The van der Waals surface area contributed by atoms with Gasteiger partial charge < -0.3 is 10.5 Å². The first kappa shape index (κ1) is 12.4. The number of aryl methyl sites for hydroxylation is 1. The highest BCUT2D eigenvalue weighted by molar-refractivity contribution is 5.49. The van der Waals surface area contributed by atoms with Crippen LogP contribution in [0.15, 0.2) is 18.3 Å². The SMILES string of the molecule is COc1ccc(-c2ncc([C@H](C)N)c(C)n2)nn1. The minimum Gasteiger partial charge on any atom is -0.480 e. The summed E-state index contributed by atoms with van der Waals surface area (Å²) in [6.07, 6.45) is 1.73. The Morgan fingerprint density at radius 2 is 2.06 bits per heavy atom. The Balaban J connectivity index is 2.36. The predicted molar refractivity (Wildman–Crippen MR) is 66.9 cm³/mol. The molecule has 2 N–H and O–H groups in total. The maximum Gasteiger partial charge on any atom is 0.233 e. The first-order valence-electron chi connectivity index (χ1n) is 5.59. The second-order valence-electron chi connectivity index (χ2n) is 3.98. The van der Waals surface area contributed by atoms with Gasteiger partial charge in [-0.2, -0.15) is 0 Å². The smallest absolute Gasteiger partial charge is 0.233 e. The normalized spacial score (nSPS) is 12.2. The van der Waals surface area contributed by atoms with Crippen molar-refractivity contribution in [3.8, 4) is 17.4 Å². The Bertz CT molecular complexity index is 539. The van der Waals surface area contributed by atoms with Gasteiger partial charge in [-0.15, -0.1) is 10.2 Å². The Labute approximate surface area is 105 Å². The van der Waals surface area contributed by atoms with E-state index in [2.05, 4.69) is 20.2 Å². The van der Waals surface area contributed by atoms with Crippen molar-refractivity contribution < 1.29 is 4.74 Å². The topological polar surface area (TPSA) is 86.8 Å². The quantitative estimate of drug-likeness (QED) is 0.876. The van der Waals surface area contributed by atoms with Crippen LogP contribution in [0.3, 0.4) is 0 Å². The molecule has 0 aliphatic carbocycles. The summed E-state index contributed by atoms with van der Waals surface area (Å²) in [7, 11) is 1.54. The van der Waals surface area contributed by atoms with Gasteiger partial charge in [0.1, 0.15) is 5.69 Å². The van der Waals surface area contributed by atoms with Crippen molar-refractivity contribution in [1.29, 1.82) is 0 Å². The van der Waals surface area contributed by atoms with E-state index < -0.39 is 0 Å². The highest BCUT2D eigenvalue weighted by Gasteiger charge is 2.09. The van der Waals surface area contributed by atoms with Crippen LogP contribution in [0.2, 0.25) is 0 Å². The molecule has 2 rings (SSSR count). The van der Waals surface area contributed by atoms with E-state index in [1.807, 2.05) is 13.8 Å². The molecule has 1 atom stereocenters. The van der Waals surface area contributed by atoms with Gasteiger partial charge >= 0.3 is 0 Å². The molecule has 0 spiro atoms. The lowest BCUT2D eigenvalue weighted by Gasteiger charge is -2.09. The van der Waals surface area contributed by atoms with Crippen LogP contribution in [-0.2, 0) is 0 Å². The molecule has 6 heteroatoms. The van der Waals surface area contributed by atoms with Gasteiger partial charge in [0.15, 0.2) is 5.82 Å². The minimum atomic E-state index is -0.0824. The van der Waals surface area contributed by atoms with Crippen LogP contribution < -0.4 is 10.5 Å². The van der Waals surface area contributed by atoms with E-state index in [1.54, 1.807) is 25.4 Å². The van der Waals surface area contributed by atoms with Crippen molar-refractivity contribution in [2.24, 2.45) is 5.73 Å². The monoisotopic (exact) mass is 245 g/mol. The summed E-state index contributed by atoms with van der Waals surface area (Å²) in [5, 5.41) is 7.89. The third-order valence-corrected chi connectivity index (χ3v) is 2.59. The van der Waals surface area contributed by atoms with Gasteiger partial charge in [-0.05, 0) is 19.9 Å². The molecular formula is C12H15N5O. The summed E-state index contributed by atoms with van der Waals surface area (Å²) in [6, 6.07) is 3.41. The zero-order chi connectivity index (χ0) is 13.1. The Morgan fingerprint density at radius 3 is 2.56 bits per heavy atom. The number of nitrogens with two attached hydrogens (primary N) is 1. The van der Waals surface area contributed by atoms with E-state index in [4.69, 9.17) is 10.5 Å². The first-order valence-corrected chi connectivity index (χ1v) is 5.59. The van der Waals surface area contributed by atoms with Crippen molar-refractivity contribution in [1.82, 2.24) is 20.2 Å². The van der Waals surface area contributed by atoms with Crippen molar-refractivity contribution in [2.45, 2.75) is 19.9 Å². The Hall–Kier alpha value is -2.08. The molecule has 0 radical (unpaired) electrons. The molecule has 0 bridgehead atoms. The average molecular weight is 245 g/mol. The second kappa shape index (κ2) is 5.05. The van der Waals surface area contributed by atoms with Gasteiger partial charge in [0.2, 0.25) is 5.88 Å². The number of ether oxygens (including phenoxy) is 1. The van der Waals surface area contributed by atoms with Gasteiger partial charge in [0, 0.05) is 29.6 Å². The lowest BCUT2D eigenvalue weighted by molar-refractivity contribution is 0.392. The fourth-order valence-electron chi connectivity index (χ4n) is 1.59. The van der Waals surface area contributed by atoms with E-state index in [0.29, 0.717) is 17.4 Å². The van der Waals surface area contributed by atoms with Crippen molar-refractivity contribution in [3.63, 3.8) is 0 Å². The van der Waals surface area contributed by atoms with Crippen LogP contribution in [0, 0.1) is 6.92 Å². The third-order valence-electron chi connectivity index (χ3n) is 2.59. The highest BCUT2D eigenvalue weighted by atomic mass is 16.5. The van der Waals surface area contributed by atoms with Gasteiger partial charge in [0.25, 0.3) is 0 Å². The summed E-state index contributed by atoms with van der Waals surface area (Å²) in [5.41, 5.74) is 8.21. The molecule has 0 aliphatic rings. The summed E-state index contributed by atoms with van der Waals surface area (Å²) in [5.74, 6) is 0.995. The molecular weight excluding hydrogens is 230 g/mol. The fraction of sp³-hybridized carbons (Fsp3) is 0.333. The number of hydrogen-bond acceptors (Lipinski definition) is 6.